The molecule has 2 rings (SSSR count). The zero-order valence-corrected chi connectivity index (χ0v) is 11.2. The Morgan fingerprint density at radius 1 is 1.53 bits per heavy atom. The van der Waals surface area contributed by atoms with Crippen molar-refractivity contribution >= 4 is 33.7 Å². The van der Waals surface area contributed by atoms with Crippen molar-refractivity contribution in [1.82, 2.24) is 5.32 Å². The normalized spacial score (nSPS) is 24.6. The first kappa shape index (κ1) is 12.9. The van der Waals surface area contributed by atoms with Crippen molar-refractivity contribution in [2.75, 3.05) is 11.5 Å². The summed E-state index contributed by atoms with van der Waals surface area (Å²) >= 11 is 4.89. The molecule has 92 valence electrons. The van der Waals surface area contributed by atoms with Gasteiger partial charge in [-0.2, -0.15) is 11.8 Å². The van der Waals surface area contributed by atoms with E-state index in [0.717, 1.165) is 11.3 Å². The summed E-state index contributed by atoms with van der Waals surface area (Å²) in [5, 5.41) is 12.0. The number of aliphatic carboxylic acids is 1. The van der Waals surface area contributed by atoms with Gasteiger partial charge in [0.15, 0.2) is 0 Å². The first-order valence-electron chi connectivity index (χ1n) is 5.09. The minimum atomic E-state index is -0.847. The van der Waals surface area contributed by atoms with Crippen LogP contribution in [0.15, 0.2) is 22.7 Å². The summed E-state index contributed by atoms with van der Waals surface area (Å²) < 4.78 is 13.6. The fourth-order valence-electron chi connectivity index (χ4n) is 1.75. The smallest absolute Gasteiger partial charge is 0.321 e. The first-order valence-corrected chi connectivity index (χ1v) is 7.04. The van der Waals surface area contributed by atoms with E-state index in [4.69, 9.17) is 5.11 Å². The van der Waals surface area contributed by atoms with Crippen LogP contribution in [0.25, 0.3) is 0 Å². The summed E-state index contributed by atoms with van der Waals surface area (Å²) in [6.07, 6.45) is 0. The Labute approximate surface area is 111 Å². The third kappa shape index (κ3) is 3.00. The van der Waals surface area contributed by atoms with Crippen molar-refractivity contribution < 1.29 is 14.3 Å². The van der Waals surface area contributed by atoms with Gasteiger partial charge >= 0.3 is 5.97 Å². The molecule has 0 radical (unpaired) electrons. The minimum Gasteiger partial charge on any atom is -0.480 e. The Morgan fingerprint density at radius 2 is 2.29 bits per heavy atom. The molecule has 1 aromatic rings. The molecule has 2 atom stereocenters. The molecule has 6 heteroatoms. The van der Waals surface area contributed by atoms with Gasteiger partial charge < -0.3 is 5.11 Å². The lowest BCUT2D eigenvalue weighted by atomic mass is 10.1. The summed E-state index contributed by atoms with van der Waals surface area (Å²) in [6, 6.07) is 3.85. The van der Waals surface area contributed by atoms with Crippen LogP contribution in [0.3, 0.4) is 0 Å². The van der Waals surface area contributed by atoms with E-state index < -0.39 is 12.0 Å². The molecule has 3 nitrogen and oxygen atoms in total. The van der Waals surface area contributed by atoms with E-state index in [1.807, 2.05) is 0 Å². The van der Waals surface area contributed by atoms with E-state index in [2.05, 4.69) is 21.2 Å². The van der Waals surface area contributed by atoms with Crippen molar-refractivity contribution in [3.05, 3.63) is 34.1 Å². The van der Waals surface area contributed by atoms with Crippen LogP contribution >= 0.6 is 27.7 Å². The molecule has 1 aliphatic rings. The molecule has 0 bridgehead atoms. The van der Waals surface area contributed by atoms with Crippen molar-refractivity contribution in [2.45, 2.75) is 12.1 Å². The van der Waals surface area contributed by atoms with Gasteiger partial charge in [0.05, 0.1) is 0 Å². The number of carboxylic acids is 1. The molecule has 1 aliphatic heterocycles. The van der Waals surface area contributed by atoms with E-state index in [0.29, 0.717) is 10.2 Å². The molecule has 2 unspecified atom stereocenters. The molecule has 2 N–H and O–H groups in total. The van der Waals surface area contributed by atoms with E-state index >= 15 is 0 Å². The highest BCUT2D eigenvalue weighted by atomic mass is 79.9. The molecule has 17 heavy (non-hydrogen) atoms. The Bertz CT molecular complexity index is 443. The van der Waals surface area contributed by atoms with Crippen LogP contribution in [0.1, 0.15) is 11.6 Å². The molecule has 0 saturated carbocycles. The van der Waals surface area contributed by atoms with Crippen molar-refractivity contribution in [2.24, 2.45) is 0 Å². The van der Waals surface area contributed by atoms with E-state index in [1.54, 1.807) is 17.8 Å². The van der Waals surface area contributed by atoms with Crippen LogP contribution in [-0.2, 0) is 4.79 Å². The van der Waals surface area contributed by atoms with Gasteiger partial charge in [0.1, 0.15) is 11.9 Å². The van der Waals surface area contributed by atoms with Gasteiger partial charge in [-0.05, 0) is 17.7 Å². The Morgan fingerprint density at radius 3 is 2.94 bits per heavy atom. The number of benzene rings is 1. The quantitative estimate of drug-likeness (QED) is 0.879. The van der Waals surface area contributed by atoms with Gasteiger partial charge in [0.2, 0.25) is 0 Å². The molecule has 1 saturated heterocycles. The summed E-state index contributed by atoms with van der Waals surface area (Å²) in [6.45, 7) is 0. The SMILES string of the molecule is O=C(O)C1CSCC(c2ccc(F)cc2Br)N1. The molecule has 0 spiro atoms. The number of carbonyl (C=O) groups is 1. The Hall–Kier alpha value is -0.590. The second-order valence-electron chi connectivity index (χ2n) is 3.81. The fraction of sp³-hybridized carbons (Fsp3) is 0.364. The summed E-state index contributed by atoms with van der Waals surface area (Å²) in [7, 11) is 0. The average molecular weight is 320 g/mol. The van der Waals surface area contributed by atoms with E-state index in [1.165, 1.54) is 12.1 Å². The van der Waals surface area contributed by atoms with Gasteiger partial charge in [-0.15, -0.1) is 0 Å². The second kappa shape index (κ2) is 5.37. The minimum absolute atomic E-state index is 0.0650. The monoisotopic (exact) mass is 319 g/mol. The zero-order chi connectivity index (χ0) is 12.4. The lowest BCUT2D eigenvalue weighted by Gasteiger charge is -2.29. The number of halogens is 2. The lowest BCUT2D eigenvalue weighted by Crippen LogP contribution is -2.45. The zero-order valence-electron chi connectivity index (χ0n) is 8.82. The average Bonchev–Trinajstić information content (AvgIpc) is 2.29. The van der Waals surface area contributed by atoms with Crippen LogP contribution in [0.4, 0.5) is 4.39 Å². The topological polar surface area (TPSA) is 49.3 Å². The molecule has 1 aromatic carbocycles. The number of rotatable bonds is 2. The van der Waals surface area contributed by atoms with Gasteiger partial charge in [-0.25, -0.2) is 4.39 Å². The predicted molar refractivity (Wildman–Crippen MR) is 68.7 cm³/mol. The van der Waals surface area contributed by atoms with Crippen molar-refractivity contribution in [3.8, 4) is 0 Å². The first-order chi connectivity index (χ1) is 8.08. The Balaban J connectivity index is 2.19. The molecule has 0 amide bonds. The van der Waals surface area contributed by atoms with E-state index in [-0.39, 0.29) is 11.9 Å². The lowest BCUT2D eigenvalue weighted by molar-refractivity contribution is -0.139. The predicted octanol–water partition coefficient (Wildman–Crippen LogP) is 2.42. The number of thioether (sulfide) groups is 1. The summed E-state index contributed by atoms with van der Waals surface area (Å²) in [4.78, 5) is 10.9. The number of hydrogen-bond donors (Lipinski definition) is 2. The number of carboxylic acid groups (broad SMARTS) is 1. The Kier molecular flexibility index (Phi) is 4.06. The van der Waals surface area contributed by atoms with Crippen molar-refractivity contribution in [1.29, 1.82) is 0 Å². The number of hydrogen-bond acceptors (Lipinski definition) is 3. The summed E-state index contributed by atoms with van der Waals surface area (Å²) in [5.74, 6) is 0.192. The molecule has 1 heterocycles. The fourth-order valence-corrected chi connectivity index (χ4v) is 3.50. The number of nitrogens with one attached hydrogen (secondary N) is 1. The van der Waals surface area contributed by atoms with E-state index in [9.17, 15) is 9.18 Å². The maximum atomic E-state index is 13.0. The molecular weight excluding hydrogens is 309 g/mol. The standard InChI is InChI=1S/C11H11BrFNO2S/c12-8-3-6(13)1-2-7(8)9-4-17-5-10(14-9)11(15)16/h1-3,9-10,14H,4-5H2,(H,15,16). The van der Waals surface area contributed by atoms with Gasteiger partial charge in [0, 0.05) is 22.0 Å². The van der Waals surface area contributed by atoms with Crippen LogP contribution < -0.4 is 5.32 Å². The van der Waals surface area contributed by atoms with Crippen LogP contribution in [-0.4, -0.2) is 28.6 Å². The van der Waals surface area contributed by atoms with Gasteiger partial charge in [0.25, 0.3) is 0 Å². The van der Waals surface area contributed by atoms with Crippen LogP contribution in [0, 0.1) is 5.82 Å². The van der Waals surface area contributed by atoms with Gasteiger partial charge in [-0.3, -0.25) is 10.1 Å². The molecule has 0 aromatic heterocycles. The third-order valence-corrected chi connectivity index (χ3v) is 4.43. The highest BCUT2D eigenvalue weighted by molar-refractivity contribution is 9.10. The third-order valence-electron chi connectivity index (χ3n) is 2.61. The van der Waals surface area contributed by atoms with Crippen LogP contribution in [0.5, 0.6) is 0 Å². The highest BCUT2D eigenvalue weighted by Gasteiger charge is 2.28. The van der Waals surface area contributed by atoms with Crippen molar-refractivity contribution in [3.63, 3.8) is 0 Å². The van der Waals surface area contributed by atoms with Gasteiger partial charge in [-0.1, -0.05) is 22.0 Å². The molecule has 1 fully saturated rings. The largest absolute Gasteiger partial charge is 0.480 e. The molecular formula is C11H11BrFNO2S. The molecule has 0 aliphatic carbocycles. The highest BCUT2D eigenvalue weighted by Crippen LogP contribution is 2.30. The summed E-state index contributed by atoms with van der Waals surface area (Å²) in [5.41, 5.74) is 0.893. The maximum absolute atomic E-state index is 13.0. The maximum Gasteiger partial charge on any atom is 0.321 e. The van der Waals surface area contributed by atoms with Crippen LogP contribution in [0.2, 0.25) is 0 Å². The second-order valence-corrected chi connectivity index (χ2v) is 5.74.